The molecule has 20 heavy (non-hydrogen) atoms. The average Bonchev–Trinajstić information content (AvgIpc) is 2.85. The van der Waals surface area contributed by atoms with Crippen LogP contribution in [0.25, 0.3) is 0 Å². The fourth-order valence-corrected chi connectivity index (χ4v) is 5.11. The third-order valence-corrected chi connectivity index (χ3v) is 5.74. The number of benzene rings is 1. The van der Waals surface area contributed by atoms with Gasteiger partial charge in [-0.1, -0.05) is 44.7 Å². The lowest BCUT2D eigenvalue weighted by Gasteiger charge is -2.40. The highest BCUT2D eigenvalue weighted by Crippen LogP contribution is 2.45. The van der Waals surface area contributed by atoms with Crippen LogP contribution < -0.4 is 5.73 Å². The van der Waals surface area contributed by atoms with Gasteiger partial charge in [0.05, 0.1) is 5.60 Å². The molecule has 1 aromatic carbocycles. The van der Waals surface area contributed by atoms with Crippen LogP contribution in [0.5, 0.6) is 0 Å². The van der Waals surface area contributed by atoms with E-state index in [1.807, 2.05) is 0 Å². The van der Waals surface area contributed by atoms with Gasteiger partial charge in [0.25, 0.3) is 0 Å². The van der Waals surface area contributed by atoms with Gasteiger partial charge in [-0.05, 0) is 55.4 Å². The summed E-state index contributed by atoms with van der Waals surface area (Å²) in [7, 11) is 0. The topological polar surface area (TPSA) is 35.2 Å². The number of ether oxygens (including phenoxy) is 1. The van der Waals surface area contributed by atoms with Gasteiger partial charge in [0.1, 0.15) is 0 Å². The summed E-state index contributed by atoms with van der Waals surface area (Å²) in [6.07, 6.45) is 7.26. The zero-order valence-corrected chi connectivity index (χ0v) is 14.8. The van der Waals surface area contributed by atoms with Crippen molar-refractivity contribution in [3.8, 4) is 0 Å². The zero-order valence-electron chi connectivity index (χ0n) is 11.6. The molecule has 1 aliphatic heterocycles. The first kappa shape index (κ1) is 15.0. The van der Waals surface area contributed by atoms with Gasteiger partial charge < -0.3 is 10.5 Å². The van der Waals surface area contributed by atoms with Crippen LogP contribution in [0.1, 0.15) is 50.1 Å². The van der Waals surface area contributed by atoms with Gasteiger partial charge in [-0.15, -0.1) is 0 Å². The molecular weight excluding hydrogens is 382 g/mol. The van der Waals surface area contributed by atoms with E-state index in [-0.39, 0.29) is 11.6 Å². The van der Waals surface area contributed by atoms with Crippen molar-refractivity contribution >= 4 is 31.9 Å². The lowest BCUT2D eigenvalue weighted by molar-refractivity contribution is -0.0963. The first-order valence-electron chi connectivity index (χ1n) is 7.44. The van der Waals surface area contributed by atoms with Crippen molar-refractivity contribution in [3.63, 3.8) is 0 Å². The molecule has 1 aromatic rings. The highest BCUT2D eigenvalue weighted by atomic mass is 79.9. The van der Waals surface area contributed by atoms with Gasteiger partial charge in [0.15, 0.2) is 0 Å². The number of nitrogens with two attached hydrogens (primary N) is 1. The summed E-state index contributed by atoms with van der Waals surface area (Å²) >= 11 is 7.11. The second kappa shape index (κ2) is 6.07. The Hall–Kier alpha value is 0.1000. The highest BCUT2D eigenvalue weighted by Gasteiger charge is 2.41. The predicted octanol–water partition coefficient (Wildman–Crippen LogP) is 4.95. The Kier molecular flexibility index (Phi) is 4.56. The van der Waals surface area contributed by atoms with E-state index in [1.165, 1.54) is 31.2 Å². The summed E-state index contributed by atoms with van der Waals surface area (Å²) in [5, 5.41) is 0. The summed E-state index contributed by atoms with van der Waals surface area (Å²) in [6.45, 7) is 0.869. The van der Waals surface area contributed by atoms with Gasteiger partial charge in [0, 0.05) is 21.6 Å². The zero-order chi connectivity index (χ0) is 14.2. The molecule has 110 valence electrons. The fraction of sp³-hybridized carbons (Fsp3) is 0.625. The fourth-order valence-electron chi connectivity index (χ4n) is 3.78. The second-order valence-electron chi connectivity index (χ2n) is 6.22. The van der Waals surface area contributed by atoms with E-state index in [0.717, 1.165) is 28.4 Å². The summed E-state index contributed by atoms with van der Waals surface area (Å²) in [5.74, 6) is 0.531. The normalized spacial score (nSPS) is 26.9. The Balaban J connectivity index is 1.77. The molecule has 1 spiro atoms. The minimum Gasteiger partial charge on any atom is -0.375 e. The molecule has 2 N–H and O–H groups in total. The summed E-state index contributed by atoms with van der Waals surface area (Å²) in [6, 6.07) is 6.45. The molecule has 1 saturated heterocycles. The number of hydrogen-bond acceptors (Lipinski definition) is 2. The minimum absolute atomic E-state index is 0.102. The molecule has 2 unspecified atom stereocenters. The van der Waals surface area contributed by atoms with E-state index in [2.05, 4.69) is 50.1 Å². The molecule has 0 radical (unpaired) electrons. The van der Waals surface area contributed by atoms with E-state index < -0.39 is 0 Å². The number of hydrogen-bond donors (Lipinski definition) is 1. The van der Waals surface area contributed by atoms with Crippen LogP contribution in [0, 0.1) is 5.92 Å². The van der Waals surface area contributed by atoms with E-state index in [4.69, 9.17) is 10.5 Å². The van der Waals surface area contributed by atoms with E-state index in [1.54, 1.807) is 0 Å². The molecule has 1 heterocycles. The Morgan fingerprint density at radius 1 is 1.15 bits per heavy atom. The Morgan fingerprint density at radius 2 is 1.80 bits per heavy atom. The third kappa shape index (κ3) is 3.13. The molecule has 2 fully saturated rings. The summed E-state index contributed by atoms with van der Waals surface area (Å²) in [5.41, 5.74) is 7.92. The van der Waals surface area contributed by atoms with Crippen LogP contribution >= 0.6 is 31.9 Å². The van der Waals surface area contributed by atoms with Crippen molar-refractivity contribution in [1.29, 1.82) is 0 Å². The molecule has 1 aliphatic carbocycles. The predicted molar refractivity (Wildman–Crippen MR) is 88.6 cm³/mol. The van der Waals surface area contributed by atoms with Gasteiger partial charge in [-0.25, -0.2) is 0 Å². The molecule has 4 heteroatoms. The van der Waals surface area contributed by atoms with Crippen molar-refractivity contribution in [1.82, 2.24) is 0 Å². The SMILES string of the molecule is NC(c1cc(Br)cc(Br)c1)C1CCOC2(CCCC2)C1. The Labute approximate surface area is 137 Å². The summed E-state index contributed by atoms with van der Waals surface area (Å²) in [4.78, 5) is 0. The van der Waals surface area contributed by atoms with Crippen molar-refractivity contribution in [2.24, 2.45) is 11.7 Å². The standard InChI is InChI=1S/C16H21Br2NO/c17-13-7-12(8-14(18)9-13)15(19)11-3-6-20-16(10-11)4-1-2-5-16/h7-9,11,15H,1-6,10,19H2. The Bertz CT molecular complexity index is 465. The van der Waals surface area contributed by atoms with Crippen LogP contribution in [0.15, 0.2) is 27.1 Å². The molecule has 2 nitrogen and oxygen atoms in total. The lowest BCUT2D eigenvalue weighted by atomic mass is 9.79. The van der Waals surface area contributed by atoms with Crippen LogP contribution in [-0.2, 0) is 4.74 Å². The maximum atomic E-state index is 6.56. The molecule has 3 rings (SSSR count). The van der Waals surface area contributed by atoms with Crippen molar-refractivity contribution in [2.75, 3.05) is 6.61 Å². The van der Waals surface area contributed by atoms with Gasteiger partial charge in [-0.3, -0.25) is 0 Å². The Morgan fingerprint density at radius 3 is 2.45 bits per heavy atom. The molecule has 0 aromatic heterocycles. The van der Waals surface area contributed by atoms with Crippen molar-refractivity contribution < 1.29 is 4.74 Å². The van der Waals surface area contributed by atoms with Gasteiger partial charge in [0.2, 0.25) is 0 Å². The number of halogens is 2. The minimum atomic E-state index is 0.102. The van der Waals surface area contributed by atoms with Crippen molar-refractivity contribution in [2.45, 2.75) is 50.2 Å². The molecule has 1 saturated carbocycles. The largest absolute Gasteiger partial charge is 0.375 e. The van der Waals surface area contributed by atoms with E-state index in [0.29, 0.717) is 5.92 Å². The van der Waals surface area contributed by atoms with E-state index in [9.17, 15) is 0 Å². The van der Waals surface area contributed by atoms with Gasteiger partial charge >= 0.3 is 0 Å². The van der Waals surface area contributed by atoms with Crippen LogP contribution in [-0.4, -0.2) is 12.2 Å². The maximum absolute atomic E-state index is 6.56. The number of rotatable bonds is 2. The van der Waals surface area contributed by atoms with E-state index >= 15 is 0 Å². The lowest BCUT2D eigenvalue weighted by Crippen LogP contribution is -2.40. The van der Waals surface area contributed by atoms with Crippen LogP contribution in [0.4, 0.5) is 0 Å². The molecule has 0 bridgehead atoms. The molecule has 0 amide bonds. The van der Waals surface area contributed by atoms with Crippen LogP contribution in [0.3, 0.4) is 0 Å². The van der Waals surface area contributed by atoms with Crippen LogP contribution in [0.2, 0.25) is 0 Å². The molecule has 2 aliphatic rings. The first-order chi connectivity index (χ1) is 9.58. The monoisotopic (exact) mass is 401 g/mol. The third-order valence-electron chi connectivity index (χ3n) is 4.82. The highest BCUT2D eigenvalue weighted by molar-refractivity contribution is 9.11. The summed E-state index contributed by atoms with van der Waals surface area (Å²) < 4.78 is 8.28. The smallest absolute Gasteiger partial charge is 0.0685 e. The second-order valence-corrected chi connectivity index (χ2v) is 8.05. The average molecular weight is 403 g/mol. The molecular formula is C16H21Br2NO. The van der Waals surface area contributed by atoms with Gasteiger partial charge in [-0.2, -0.15) is 0 Å². The first-order valence-corrected chi connectivity index (χ1v) is 9.02. The van der Waals surface area contributed by atoms with Crippen molar-refractivity contribution in [3.05, 3.63) is 32.7 Å². The molecule has 2 atom stereocenters. The maximum Gasteiger partial charge on any atom is 0.0685 e. The quantitative estimate of drug-likeness (QED) is 0.759.